The van der Waals surface area contributed by atoms with Crippen LogP contribution in [0.5, 0.6) is 0 Å². The van der Waals surface area contributed by atoms with Crippen molar-refractivity contribution in [2.24, 2.45) is 11.8 Å². The topological polar surface area (TPSA) is 0 Å². The molecule has 0 spiro atoms. The molecule has 2 unspecified atom stereocenters. The third-order valence-corrected chi connectivity index (χ3v) is 2.39. The first-order valence-corrected chi connectivity index (χ1v) is 4.12. The van der Waals surface area contributed by atoms with Crippen molar-refractivity contribution in [1.82, 2.24) is 0 Å². The summed E-state index contributed by atoms with van der Waals surface area (Å²) in [6, 6.07) is 0. The average molecular weight is 133 g/mol. The molecule has 10 heavy (non-hydrogen) atoms. The van der Waals surface area contributed by atoms with Crippen molar-refractivity contribution in [3.63, 3.8) is 0 Å². The first-order chi connectivity index (χ1) is 4.95. The normalized spacial score (nSPS) is 37.6. The summed E-state index contributed by atoms with van der Waals surface area (Å²) in [5.41, 5.74) is 0. The van der Waals surface area contributed by atoms with Gasteiger partial charge in [0.1, 0.15) is 0 Å². The molecule has 0 amide bonds. The minimum absolute atomic E-state index is 0.787. The van der Waals surface area contributed by atoms with Crippen molar-refractivity contribution >= 4 is 0 Å². The van der Waals surface area contributed by atoms with Gasteiger partial charge in [0.15, 0.2) is 0 Å². The highest BCUT2D eigenvalue weighted by Crippen LogP contribution is 2.30. The second-order valence-corrected chi connectivity index (χ2v) is 3.22. The molecule has 0 saturated carbocycles. The summed E-state index contributed by atoms with van der Waals surface area (Å²) in [5, 5.41) is 0. The Morgan fingerprint density at radius 1 is 1.10 bits per heavy atom. The Bertz CT molecular complexity index is 165. The molecule has 0 aromatic carbocycles. The van der Waals surface area contributed by atoms with E-state index in [1.807, 2.05) is 0 Å². The zero-order valence-electron chi connectivity index (χ0n) is 6.16. The zero-order chi connectivity index (χ0) is 6.81. The van der Waals surface area contributed by atoms with Gasteiger partial charge in [0.05, 0.1) is 0 Å². The lowest BCUT2D eigenvalue weighted by molar-refractivity contribution is 0.555. The molecule has 0 fully saturated rings. The molecular formula is C10H13. The summed E-state index contributed by atoms with van der Waals surface area (Å²) >= 11 is 0. The number of hydrogen-bond donors (Lipinski definition) is 0. The predicted octanol–water partition coefficient (Wildman–Crippen LogP) is 2.73. The van der Waals surface area contributed by atoms with E-state index in [-0.39, 0.29) is 0 Å². The molecule has 2 bridgehead atoms. The van der Waals surface area contributed by atoms with Gasteiger partial charge in [-0.05, 0) is 37.5 Å². The molecule has 0 N–H and O–H groups in total. The molecule has 0 aliphatic heterocycles. The van der Waals surface area contributed by atoms with Crippen LogP contribution >= 0.6 is 0 Å². The van der Waals surface area contributed by atoms with Crippen LogP contribution < -0.4 is 0 Å². The first-order valence-electron chi connectivity index (χ1n) is 4.12. The van der Waals surface area contributed by atoms with E-state index in [1.165, 1.54) is 19.3 Å². The number of hydrogen-bond acceptors (Lipinski definition) is 0. The SMILES string of the molecule is [CH]1CC=CCC2C=CC1C2. The third kappa shape index (κ3) is 1.16. The van der Waals surface area contributed by atoms with Crippen molar-refractivity contribution in [2.45, 2.75) is 19.3 Å². The van der Waals surface area contributed by atoms with Crippen LogP contribution in [0.2, 0.25) is 0 Å². The quantitative estimate of drug-likeness (QED) is 0.446. The largest absolute Gasteiger partial charge is 0.0882 e. The van der Waals surface area contributed by atoms with Crippen molar-refractivity contribution in [1.29, 1.82) is 0 Å². The molecule has 0 heterocycles. The van der Waals surface area contributed by atoms with E-state index in [9.17, 15) is 0 Å². The molecule has 53 valence electrons. The Kier molecular flexibility index (Phi) is 1.62. The van der Waals surface area contributed by atoms with Gasteiger partial charge in [0.25, 0.3) is 0 Å². The van der Waals surface area contributed by atoms with E-state index in [0.717, 1.165) is 11.8 Å². The highest BCUT2D eigenvalue weighted by atomic mass is 14.2. The maximum Gasteiger partial charge on any atom is -0.0193 e. The minimum Gasteiger partial charge on any atom is -0.0882 e. The first kappa shape index (κ1) is 6.21. The van der Waals surface area contributed by atoms with E-state index >= 15 is 0 Å². The van der Waals surface area contributed by atoms with Gasteiger partial charge >= 0.3 is 0 Å². The van der Waals surface area contributed by atoms with Crippen LogP contribution in [0, 0.1) is 18.3 Å². The maximum atomic E-state index is 2.41. The molecule has 0 aromatic heterocycles. The van der Waals surface area contributed by atoms with Crippen LogP contribution in [0.1, 0.15) is 19.3 Å². The summed E-state index contributed by atoms with van der Waals surface area (Å²) in [6.07, 6.45) is 15.5. The van der Waals surface area contributed by atoms with Gasteiger partial charge in [-0.3, -0.25) is 0 Å². The van der Waals surface area contributed by atoms with E-state index in [2.05, 4.69) is 30.7 Å². The molecule has 0 saturated heterocycles. The van der Waals surface area contributed by atoms with Crippen molar-refractivity contribution in [2.75, 3.05) is 0 Å². The highest BCUT2D eigenvalue weighted by molar-refractivity contribution is 5.11. The van der Waals surface area contributed by atoms with E-state index in [1.54, 1.807) is 0 Å². The molecule has 2 aliphatic carbocycles. The van der Waals surface area contributed by atoms with E-state index < -0.39 is 0 Å². The van der Waals surface area contributed by atoms with Gasteiger partial charge in [0, 0.05) is 0 Å². The fraction of sp³-hybridized carbons (Fsp3) is 0.500. The maximum absolute atomic E-state index is 2.41. The second kappa shape index (κ2) is 2.61. The molecule has 0 aromatic rings. The molecular weight excluding hydrogens is 120 g/mol. The predicted molar refractivity (Wildman–Crippen MR) is 43.4 cm³/mol. The van der Waals surface area contributed by atoms with Gasteiger partial charge in [-0.15, -0.1) is 0 Å². The van der Waals surface area contributed by atoms with E-state index in [4.69, 9.17) is 0 Å². The van der Waals surface area contributed by atoms with Gasteiger partial charge in [-0.2, -0.15) is 0 Å². The van der Waals surface area contributed by atoms with Crippen molar-refractivity contribution in [3.8, 4) is 0 Å². The number of rotatable bonds is 0. The van der Waals surface area contributed by atoms with Crippen LogP contribution in [0.3, 0.4) is 0 Å². The molecule has 2 rings (SSSR count). The number of fused-ring (bicyclic) bond motifs is 2. The molecule has 2 aliphatic rings. The minimum atomic E-state index is 0.787. The lowest BCUT2D eigenvalue weighted by Crippen LogP contribution is -1.99. The van der Waals surface area contributed by atoms with Crippen molar-refractivity contribution < 1.29 is 0 Å². The summed E-state index contributed by atoms with van der Waals surface area (Å²) in [7, 11) is 0. The standard InChI is InChI=1S/C10H13/c1-2-4-9-6-7-10(8-9)5-3-1/h1-2,5-7,9-10H,3-4,8H2. The fourth-order valence-corrected chi connectivity index (χ4v) is 1.78. The number of allylic oxidation sites excluding steroid dienone is 4. The van der Waals surface area contributed by atoms with Gasteiger partial charge < -0.3 is 0 Å². The van der Waals surface area contributed by atoms with E-state index in [0.29, 0.717) is 0 Å². The van der Waals surface area contributed by atoms with Crippen LogP contribution in [-0.2, 0) is 0 Å². The van der Waals surface area contributed by atoms with Crippen LogP contribution in [0.15, 0.2) is 24.3 Å². The van der Waals surface area contributed by atoms with Crippen LogP contribution in [-0.4, -0.2) is 0 Å². The van der Waals surface area contributed by atoms with Gasteiger partial charge in [-0.1, -0.05) is 24.3 Å². The summed E-state index contributed by atoms with van der Waals surface area (Å²) in [6.45, 7) is 0. The summed E-state index contributed by atoms with van der Waals surface area (Å²) < 4.78 is 0. The highest BCUT2D eigenvalue weighted by Gasteiger charge is 2.18. The second-order valence-electron chi connectivity index (χ2n) is 3.22. The van der Waals surface area contributed by atoms with Gasteiger partial charge in [0.2, 0.25) is 0 Å². The fourth-order valence-electron chi connectivity index (χ4n) is 1.78. The summed E-state index contributed by atoms with van der Waals surface area (Å²) in [4.78, 5) is 0. The Morgan fingerprint density at radius 3 is 3.10 bits per heavy atom. The Hall–Kier alpha value is -0.520. The molecule has 1 radical (unpaired) electrons. The molecule has 0 nitrogen and oxygen atoms in total. The Labute approximate surface area is 62.6 Å². The van der Waals surface area contributed by atoms with Crippen LogP contribution in [0.25, 0.3) is 0 Å². The lowest BCUT2D eigenvalue weighted by Gasteiger charge is -2.11. The van der Waals surface area contributed by atoms with Gasteiger partial charge in [-0.25, -0.2) is 0 Å². The Morgan fingerprint density at radius 2 is 2.10 bits per heavy atom. The average Bonchev–Trinajstić information content (AvgIpc) is 2.30. The lowest BCUT2D eigenvalue weighted by atomic mass is 9.94. The molecule has 0 heteroatoms. The monoisotopic (exact) mass is 133 g/mol. The Balaban J connectivity index is 2.08. The zero-order valence-corrected chi connectivity index (χ0v) is 6.16. The molecule has 2 atom stereocenters. The van der Waals surface area contributed by atoms with Crippen LogP contribution in [0.4, 0.5) is 0 Å². The third-order valence-electron chi connectivity index (χ3n) is 2.39. The summed E-state index contributed by atoms with van der Waals surface area (Å²) in [5.74, 6) is 1.63. The van der Waals surface area contributed by atoms with Crippen molar-refractivity contribution in [3.05, 3.63) is 30.7 Å². The smallest absolute Gasteiger partial charge is 0.0193 e.